The maximum atomic E-state index is 9.00. The van der Waals surface area contributed by atoms with Gasteiger partial charge >= 0.3 is 0 Å². The standard InChI is InChI=1S/C14H20N4/c1-9-5-10(2)12(4)18(8-9)14-16-11(3)6-13(7-15)17-14/h6,9-10,12H,5,8H2,1-4H3. The molecule has 96 valence electrons. The Labute approximate surface area is 109 Å². The third kappa shape index (κ3) is 2.45. The van der Waals surface area contributed by atoms with Crippen molar-refractivity contribution < 1.29 is 0 Å². The number of rotatable bonds is 1. The maximum absolute atomic E-state index is 9.00. The zero-order valence-electron chi connectivity index (χ0n) is 11.5. The summed E-state index contributed by atoms with van der Waals surface area (Å²) in [7, 11) is 0. The van der Waals surface area contributed by atoms with Gasteiger partial charge in [0.1, 0.15) is 11.8 Å². The van der Waals surface area contributed by atoms with E-state index >= 15 is 0 Å². The van der Waals surface area contributed by atoms with Crippen LogP contribution in [0.4, 0.5) is 5.95 Å². The highest BCUT2D eigenvalue weighted by Gasteiger charge is 2.30. The van der Waals surface area contributed by atoms with Crippen molar-refractivity contribution in [3.8, 4) is 6.07 Å². The quantitative estimate of drug-likeness (QED) is 0.761. The Morgan fingerprint density at radius 2 is 2.06 bits per heavy atom. The van der Waals surface area contributed by atoms with E-state index in [4.69, 9.17) is 5.26 Å². The van der Waals surface area contributed by atoms with Crippen LogP contribution < -0.4 is 4.90 Å². The van der Waals surface area contributed by atoms with Crippen molar-refractivity contribution in [2.45, 2.75) is 40.2 Å². The van der Waals surface area contributed by atoms with Gasteiger partial charge in [-0.05, 0) is 38.2 Å². The van der Waals surface area contributed by atoms with Gasteiger partial charge in [-0.3, -0.25) is 0 Å². The molecule has 0 spiro atoms. The predicted molar refractivity (Wildman–Crippen MR) is 71.2 cm³/mol. The number of nitriles is 1. The molecule has 1 aromatic rings. The summed E-state index contributed by atoms with van der Waals surface area (Å²) in [5.74, 6) is 1.98. The first kappa shape index (κ1) is 12.8. The van der Waals surface area contributed by atoms with Gasteiger partial charge in [-0.1, -0.05) is 13.8 Å². The van der Waals surface area contributed by atoms with E-state index in [2.05, 4.69) is 41.7 Å². The molecule has 0 aliphatic carbocycles. The molecule has 1 fully saturated rings. The van der Waals surface area contributed by atoms with E-state index in [0.717, 1.165) is 12.2 Å². The highest BCUT2D eigenvalue weighted by atomic mass is 15.3. The van der Waals surface area contributed by atoms with Crippen molar-refractivity contribution in [2.24, 2.45) is 11.8 Å². The van der Waals surface area contributed by atoms with E-state index in [9.17, 15) is 0 Å². The first-order chi connectivity index (χ1) is 8.51. The average Bonchev–Trinajstić information content (AvgIpc) is 2.32. The lowest BCUT2D eigenvalue weighted by Crippen LogP contribution is -2.46. The first-order valence-corrected chi connectivity index (χ1v) is 6.53. The van der Waals surface area contributed by atoms with Crippen LogP contribution in [0.15, 0.2) is 6.07 Å². The Hall–Kier alpha value is -1.63. The van der Waals surface area contributed by atoms with Gasteiger partial charge in [0.25, 0.3) is 0 Å². The van der Waals surface area contributed by atoms with Crippen LogP contribution in [0.25, 0.3) is 0 Å². The van der Waals surface area contributed by atoms with Crippen LogP contribution in [-0.2, 0) is 0 Å². The first-order valence-electron chi connectivity index (χ1n) is 6.53. The van der Waals surface area contributed by atoms with Crippen LogP contribution in [0, 0.1) is 30.1 Å². The SMILES string of the molecule is Cc1cc(C#N)nc(N2CC(C)CC(C)C2C)n1. The Bertz CT molecular complexity index is 477. The molecular formula is C14H20N4. The summed E-state index contributed by atoms with van der Waals surface area (Å²) in [6.45, 7) is 9.63. The van der Waals surface area contributed by atoms with E-state index in [1.165, 1.54) is 6.42 Å². The third-order valence-electron chi connectivity index (χ3n) is 3.81. The normalized spacial score (nSPS) is 27.9. The fourth-order valence-corrected chi connectivity index (χ4v) is 2.72. The van der Waals surface area contributed by atoms with Gasteiger partial charge < -0.3 is 4.90 Å². The summed E-state index contributed by atoms with van der Waals surface area (Å²) in [6, 6.07) is 4.26. The van der Waals surface area contributed by atoms with Crippen molar-refractivity contribution >= 4 is 5.95 Å². The summed E-state index contributed by atoms with van der Waals surface area (Å²) >= 11 is 0. The largest absolute Gasteiger partial charge is 0.338 e. The number of anilines is 1. The summed E-state index contributed by atoms with van der Waals surface area (Å²) in [4.78, 5) is 11.1. The molecule has 0 radical (unpaired) electrons. The van der Waals surface area contributed by atoms with Crippen molar-refractivity contribution in [1.82, 2.24) is 9.97 Å². The van der Waals surface area contributed by atoms with E-state index in [1.54, 1.807) is 6.07 Å². The van der Waals surface area contributed by atoms with Crippen LogP contribution >= 0.6 is 0 Å². The summed E-state index contributed by atoms with van der Waals surface area (Å²) in [5, 5.41) is 9.00. The van der Waals surface area contributed by atoms with Gasteiger partial charge in [0, 0.05) is 18.3 Å². The number of aryl methyl sites for hydroxylation is 1. The average molecular weight is 244 g/mol. The monoisotopic (exact) mass is 244 g/mol. The van der Waals surface area contributed by atoms with Gasteiger partial charge in [0.05, 0.1) is 0 Å². The zero-order chi connectivity index (χ0) is 13.3. The lowest BCUT2D eigenvalue weighted by Gasteiger charge is -2.41. The Kier molecular flexibility index (Phi) is 3.51. The van der Waals surface area contributed by atoms with E-state index in [-0.39, 0.29) is 0 Å². The molecule has 2 rings (SSSR count). The lowest BCUT2D eigenvalue weighted by atomic mass is 9.86. The van der Waals surface area contributed by atoms with Crippen LogP contribution in [0.2, 0.25) is 0 Å². The lowest BCUT2D eigenvalue weighted by molar-refractivity contribution is 0.293. The fraction of sp³-hybridized carbons (Fsp3) is 0.643. The molecule has 1 aliphatic rings. The van der Waals surface area contributed by atoms with Gasteiger partial charge in [-0.25, -0.2) is 9.97 Å². The van der Waals surface area contributed by atoms with Crippen molar-refractivity contribution in [3.05, 3.63) is 17.5 Å². The van der Waals surface area contributed by atoms with Crippen molar-refractivity contribution in [3.63, 3.8) is 0 Å². The predicted octanol–water partition coefficient (Wildman–Crippen LogP) is 2.53. The second kappa shape index (κ2) is 4.93. The maximum Gasteiger partial charge on any atom is 0.227 e. The Balaban J connectivity index is 2.35. The number of nitrogens with zero attached hydrogens (tertiary/aromatic N) is 4. The van der Waals surface area contributed by atoms with Crippen molar-refractivity contribution in [1.29, 1.82) is 5.26 Å². The van der Waals surface area contributed by atoms with Crippen LogP contribution in [0.3, 0.4) is 0 Å². The van der Waals surface area contributed by atoms with Crippen LogP contribution in [0.1, 0.15) is 38.6 Å². The summed E-state index contributed by atoms with van der Waals surface area (Å²) in [5.41, 5.74) is 1.31. The second-order valence-electron chi connectivity index (χ2n) is 5.52. The molecule has 0 N–H and O–H groups in total. The van der Waals surface area contributed by atoms with E-state index < -0.39 is 0 Å². The number of aromatic nitrogens is 2. The number of hydrogen-bond acceptors (Lipinski definition) is 4. The number of piperidine rings is 1. The van der Waals surface area contributed by atoms with E-state index in [1.807, 2.05) is 6.92 Å². The molecule has 1 aromatic heterocycles. The Morgan fingerprint density at radius 1 is 1.33 bits per heavy atom. The second-order valence-corrected chi connectivity index (χ2v) is 5.52. The van der Waals surface area contributed by atoms with Crippen molar-refractivity contribution in [2.75, 3.05) is 11.4 Å². The smallest absolute Gasteiger partial charge is 0.227 e. The molecular weight excluding hydrogens is 224 g/mol. The summed E-state index contributed by atoms with van der Waals surface area (Å²) < 4.78 is 0. The Morgan fingerprint density at radius 3 is 2.72 bits per heavy atom. The molecule has 0 saturated carbocycles. The highest BCUT2D eigenvalue weighted by Crippen LogP contribution is 2.29. The molecule has 4 nitrogen and oxygen atoms in total. The van der Waals surface area contributed by atoms with Gasteiger partial charge in [0.2, 0.25) is 5.95 Å². The molecule has 3 atom stereocenters. The molecule has 3 unspecified atom stereocenters. The zero-order valence-corrected chi connectivity index (χ0v) is 11.5. The van der Waals surface area contributed by atoms with Gasteiger partial charge in [-0.15, -0.1) is 0 Å². The van der Waals surface area contributed by atoms with E-state index in [0.29, 0.717) is 29.5 Å². The van der Waals surface area contributed by atoms with Gasteiger partial charge in [0.15, 0.2) is 0 Å². The molecule has 4 heteroatoms. The number of hydrogen-bond donors (Lipinski definition) is 0. The minimum absolute atomic E-state index is 0.426. The molecule has 1 aliphatic heterocycles. The third-order valence-corrected chi connectivity index (χ3v) is 3.81. The topological polar surface area (TPSA) is 52.8 Å². The minimum atomic E-state index is 0.426. The molecule has 1 saturated heterocycles. The molecule has 0 bridgehead atoms. The van der Waals surface area contributed by atoms with Crippen LogP contribution in [-0.4, -0.2) is 22.6 Å². The molecule has 0 amide bonds. The molecule has 2 heterocycles. The highest BCUT2D eigenvalue weighted by molar-refractivity contribution is 5.38. The van der Waals surface area contributed by atoms with Gasteiger partial charge in [-0.2, -0.15) is 5.26 Å². The summed E-state index contributed by atoms with van der Waals surface area (Å²) in [6.07, 6.45) is 1.24. The fourth-order valence-electron chi connectivity index (χ4n) is 2.72. The minimum Gasteiger partial charge on any atom is -0.338 e. The van der Waals surface area contributed by atoms with Crippen LogP contribution in [0.5, 0.6) is 0 Å². The molecule has 18 heavy (non-hydrogen) atoms. The molecule has 0 aromatic carbocycles.